The highest BCUT2D eigenvalue weighted by Crippen LogP contribution is 2.33. The molecular formula is C22H19N3O4. The van der Waals surface area contributed by atoms with Crippen molar-refractivity contribution in [2.45, 2.75) is 6.54 Å². The van der Waals surface area contributed by atoms with Crippen LogP contribution in [0.3, 0.4) is 0 Å². The van der Waals surface area contributed by atoms with Crippen molar-refractivity contribution in [2.75, 3.05) is 12.4 Å². The number of phenolic OH excluding ortho intramolecular Hbond substituents is 1. The van der Waals surface area contributed by atoms with E-state index < -0.39 is 4.92 Å². The second-order valence-corrected chi connectivity index (χ2v) is 6.62. The second-order valence-electron chi connectivity index (χ2n) is 6.62. The predicted molar refractivity (Wildman–Crippen MR) is 112 cm³/mol. The number of nitro groups is 1. The largest absolute Gasteiger partial charge is 0.502 e. The third-order valence-electron chi connectivity index (χ3n) is 4.76. The molecule has 0 aliphatic heterocycles. The van der Waals surface area contributed by atoms with Crippen LogP contribution in [-0.2, 0) is 6.54 Å². The SMILES string of the molecule is COc1ccc(-c2cc3ccccc3[nH]2)cc1NCc1ccc(O)c([N+](=O)[O-])c1. The van der Waals surface area contributed by atoms with Gasteiger partial charge < -0.3 is 20.1 Å². The van der Waals surface area contributed by atoms with Crippen LogP contribution in [-0.4, -0.2) is 22.1 Å². The highest BCUT2D eigenvalue weighted by Gasteiger charge is 2.14. The van der Waals surface area contributed by atoms with Gasteiger partial charge in [0.05, 0.1) is 17.7 Å². The molecule has 0 saturated heterocycles. The summed E-state index contributed by atoms with van der Waals surface area (Å²) >= 11 is 0. The lowest BCUT2D eigenvalue weighted by molar-refractivity contribution is -0.385. The van der Waals surface area contributed by atoms with Crippen molar-refractivity contribution in [2.24, 2.45) is 0 Å². The van der Waals surface area contributed by atoms with Crippen LogP contribution in [0.4, 0.5) is 11.4 Å². The summed E-state index contributed by atoms with van der Waals surface area (Å²) < 4.78 is 5.44. The number of methoxy groups -OCH3 is 1. The second kappa shape index (κ2) is 7.55. The summed E-state index contributed by atoms with van der Waals surface area (Å²) in [6, 6.07) is 20.3. The van der Waals surface area contributed by atoms with Gasteiger partial charge in [-0.05, 0) is 42.0 Å². The number of hydrogen-bond acceptors (Lipinski definition) is 5. The summed E-state index contributed by atoms with van der Waals surface area (Å²) in [6.45, 7) is 0.341. The summed E-state index contributed by atoms with van der Waals surface area (Å²) in [4.78, 5) is 13.8. The van der Waals surface area contributed by atoms with E-state index in [2.05, 4.69) is 22.4 Å². The van der Waals surface area contributed by atoms with Crippen molar-refractivity contribution in [3.05, 3.63) is 82.4 Å². The van der Waals surface area contributed by atoms with Crippen LogP contribution in [0.1, 0.15) is 5.56 Å². The Morgan fingerprint density at radius 2 is 1.93 bits per heavy atom. The molecule has 146 valence electrons. The molecule has 4 aromatic rings. The molecular weight excluding hydrogens is 370 g/mol. The van der Waals surface area contributed by atoms with Crippen LogP contribution in [0.25, 0.3) is 22.2 Å². The van der Waals surface area contributed by atoms with Crippen LogP contribution >= 0.6 is 0 Å². The van der Waals surface area contributed by atoms with E-state index in [0.717, 1.165) is 27.8 Å². The minimum atomic E-state index is -0.601. The van der Waals surface area contributed by atoms with E-state index >= 15 is 0 Å². The Labute approximate surface area is 166 Å². The minimum absolute atomic E-state index is 0.317. The Bertz CT molecular complexity index is 1170. The van der Waals surface area contributed by atoms with Gasteiger partial charge in [0.25, 0.3) is 0 Å². The smallest absolute Gasteiger partial charge is 0.311 e. The van der Waals surface area contributed by atoms with E-state index in [4.69, 9.17) is 4.74 Å². The number of aromatic nitrogens is 1. The fourth-order valence-corrected chi connectivity index (χ4v) is 3.27. The van der Waals surface area contributed by atoms with Crippen molar-refractivity contribution < 1.29 is 14.8 Å². The Kier molecular flexibility index (Phi) is 4.78. The van der Waals surface area contributed by atoms with Crippen LogP contribution in [0.15, 0.2) is 66.7 Å². The molecule has 3 aromatic carbocycles. The summed E-state index contributed by atoms with van der Waals surface area (Å²) in [5, 5.41) is 25.0. The number of phenols is 1. The lowest BCUT2D eigenvalue weighted by Crippen LogP contribution is -2.02. The zero-order valence-corrected chi connectivity index (χ0v) is 15.7. The van der Waals surface area contributed by atoms with Crippen molar-refractivity contribution in [3.63, 3.8) is 0 Å². The number of rotatable bonds is 6. The number of nitrogens with one attached hydrogen (secondary N) is 2. The number of nitro benzene ring substituents is 1. The summed E-state index contributed by atoms with van der Waals surface area (Å²) in [5.74, 6) is 0.315. The molecule has 0 aliphatic carbocycles. The first-order valence-corrected chi connectivity index (χ1v) is 9.01. The molecule has 0 bridgehead atoms. The highest BCUT2D eigenvalue weighted by molar-refractivity contribution is 5.86. The summed E-state index contributed by atoms with van der Waals surface area (Å²) in [6.07, 6.45) is 0. The average molecular weight is 389 g/mol. The minimum Gasteiger partial charge on any atom is -0.502 e. The maximum atomic E-state index is 11.0. The number of aromatic hydroxyl groups is 1. The molecule has 0 saturated carbocycles. The van der Waals surface area contributed by atoms with E-state index in [9.17, 15) is 15.2 Å². The van der Waals surface area contributed by atoms with Gasteiger partial charge in [-0.15, -0.1) is 0 Å². The Balaban J connectivity index is 1.62. The van der Waals surface area contributed by atoms with Crippen LogP contribution in [0.5, 0.6) is 11.5 Å². The number of nitrogens with zero attached hydrogens (tertiary/aromatic N) is 1. The van der Waals surface area contributed by atoms with Crippen molar-refractivity contribution in [1.82, 2.24) is 4.98 Å². The van der Waals surface area contributed by atoms with Gasteiger partial charge in [0.15, 0.2) is 5.75 Å². The molecule has 4 rings (SSSR count). The van der Waals surface area contributed by atoms with Gasteiger partial charge in [-0.1, -0.05) is 24.3 Å². The monoisotopic (exact) mass is 389 g/mol. The molecule has 29 heavy (non-hydrogen) atoms. The maximum Gasteiger partial charge on any atom is 0.311 e. The topological polar surface area (TPSA) is 100 Å². The lowest BCUT2D eigenvalue weighted by Gasteiger charge is -2.13. The Morgan fingerprint density at radius 1 is 1.10 bits per heavy atom. The van der Waals surface area contributed by atoms with Crippen molar-refractivity contribution >= 4 is 22.3 Å². The zero-order chi connectivity index (χ0) is 20.4. The normalized spacial score (nSPS) is 10.8. The van der Waals surface area contributed by atoms with Gasteiger partial charge in [0, 0.05) is 34.8 Å². The number of ether oxygens (including phenoxy) is 1. The molecule has 0 unspecified atom stereocenters. The molecule has 0 radical (unpaired) electrons. The van der Waals surface area contributed by atoms with Gasteiger partial charge in [-0.2, -0.15) is 0 Å². The van der Waals surface area contributed by atoms with Gasteiger partial charge >= 0.3 is 5.69 Å². The van der Waals surface area contributed by atoms with Crippen LogP contribution in [0.2, 0.25) is 0 Å². The highest BCUT2D eigenvalue weighted by atomic mass is 16.6. The first kappa shape index (κ1) is 18.4. The van der Waals surface area contributed by atoms with E-state index in [0.29, 0.717) is 17.9 Å². The molecule has 0 spiro atoms. The van der Waals surface area contributed by atoms with Crippen LogP contribution in [0, 0.1) is 10.1 Å². The fourth-order valence-electron chi connectivity index (χ4n) is 3.27. The number of benzene rings is 3. The summed E-state index contributed by atoms with van der Waals surface area (Å²) in [7, 11) is 1.59. The van der Waals surface area contributed by atoms with E-state index in [1.165, 1.54) is 12.1 Å². The number of para-hydroxylation sites is 1. The molecule has 1 aromatic heterocycles. The molecule has 0 amide bonds. The van der Waals surface area contributed by atoms with Gasteiger partial charge in [-0.25, -0.2) is 0 Å². The summed E-state index contributed by atoms with van der Waals surface area (Å²) in [5.41, 5.74) is 4.15. The number of hydrogen-bond donors (Lipinski definition) is 3. The van der Waals surface area contributed by atoms with E-state index in [1.54, 1.807) is 13.2 Å². The van der Waals surface area contributed by atoms with Crippen LogP contribution < -0.4 is 10.1 Å². The molecule has 0 aliphatic rings. The molecule has 0 fully saturated rings. The number of anilines is 1. The van der Waals surface area contributed by atoms with Gasteiger partial charge in [0.2, 0.25) is 0 Å². The maximum absolute atomic E-state index is 11.0. The quantitative estimate of drug-likeness (QED) is 0.316. The zero-order valence-electron chi connectivity index (χ0n) is 15.7. The third kappa shape index (κ3) is 3.70. The standard InChI is InChI=1S/C22H19N3O4/c1-29-22-9-7-16(18-11-15-4-2-3-5-17(15)24-18)12-19(22)23-13-14-6-8-21(26)20(10-14)25(27)28/h2-12,23-24,26H,13H2,1H3. The number of H-pyrrole nitrogens is 1. The molecule has 1 heterocycles. The molecule has 7 heteroatoms. The Morgan fingerprint density at radius 3 is 2.69 bits per heavy atom. The van der Waals surface area contributed by atoms with Crippen molar-refractivity contribution in [1.29, 1.82) is 0 Å². The van der Waals surface area contributed by atoms with E-state index in [1.807, 2.05) is 36.4 Å². The first-order valence-electron chi connectivity index (χ1n) is 9.01. The Hall–Kier alpha value is -4.00. The first-order chi connectivity index (χ1) is 14.0. The van der Waals surface area contributed by atoms with Crippen molar-refractivity contribution in [3.8, 4) is 22.8 Å². The van der Waals surface area contributed by atoms with Gasteiger partial charge in [0.1, 0.15) is 5.75 Å². The average Bonchev–Trinajstić information content (AvgIpc) is 3.17. The lowest BCUT2D eigenvalue weighted by atomic mass is 10.1. The predicted octanol–water partition coefficient (Wildman–Crippen LogP) is 5.07. The number of fused-ring (bicyclic) bond motifs is 1. The molecule has 7 nitrogen and oxygen atoms in total. The fraction of sp³-hybridized carbons (Fsp3) is 0.0909. The third-order valence-corrected chi connectivity index (χ3v) is 4.76. The molecule has 3 N–H and O–H groups in total. The number of aromatic amines is 1. The van der Waals surface area contributed by atoms with E-state index in [-0.39, 0.29) is 11.4 Å². The van der Waals surface area contributed by atoms with Gasteiger partial charge in [-0.3, -0.25) is 10.1 Å². The molecule has 0 atom stereocenters.